The minimum atomic E-state index is -1.71. The maximum atomic E-state index is 14.0. The van der Waals surface area contributed by atoms with E-state index in [2.05, 4.69) is 24.5 Å². The van der Waals surface area contributed by atoms with Crippen LogP contribution in [0, 0.1) is 5.92 Å². The summed E-state index contributed by atoms with van der Waals surface area (Å²) in [4.78, 5) is 38.7. The number of aliphatic hydroxyl groups excluding tert-OH is 3. The zero-order valence-corrected chi connectivity index (χ0v) is 33.2. The summed E-state index contributed by atoms with van der Waals surface area (Å²) in [6.07, 6.45) is 24.8. The molecule has 52 heavy (non-hydrogen) atoms. The summed E-state index contributed by atoms with van der Waals surface area (Å²) < 4.78 is 6.19. The van der Waals surface area contributed by atoms with Crippen molar-refractivity contribution in [1.29, 1.82) is 0 Å². The quantitative estimate of drug-likeness (QED) is 0.0367. The van der Waals surface area contributed by atoms with Crippen molar-refractivity contribution >= 4 is 17.7 Å². The summed E-state index contributed by atoms with van der Waals surface area (Å²) >= 11 is 0. The highest BCUT2D eigenvalue weighted by atomic mass is 16.6. The molecule has 0 aliphatic carbocycles. The van der Waals surface area contributed by atoms with Crippen LogP contribution in [0.15, 0.2) is 0 Å². The Bertz CT molecular complexity index is 926. The van der Waals surface area contributed by atoms with Gasteiger partial charge in [-0.05, 0) is 19.3 Å². The Morgan fingerprint density at radius 1 is 0.692 bits per heavy atom. The van der Waals surface area contributed by atoms with E-state index in [1.807, 2.05) is 0 Å². The third kappa shape index (κ3) is 21.2. The smallest absolute Gasteiger partial charge is 0.239 e. The largest absolute Gasteiger partial charge is 0.394 e. The highest BCUT2D eigenvalue weighted by Gasteiger charge is 2.53. The number of hydrogen-bond acceptors (Lipinski definition) is 8. The number of nitrogens with one attached hydrogen (secondary N) is 2. The summed E-state index contributed by atoms with van der Waals surface area (Å²) in [5.41, 5.74) is 9.66. The van der Waals surface area contributed by atoms with Gasteiger partial charge in [-0.3, -0.25) is 14.4 Å². The highest BCUT2D eigenvalue weighted by molar-refractivity contribution is 5.85. The molecule has 1 aliphatic rings. The number of carbonyl (C=O) groups is 3. The van der Waals surface area contributed by atoms with E-state index in [0.29, 0.717) is 19.4 Å². The lowest BCUT2D eigenvalue weighted by Crippen LogP contribution is -2.69. The van der Waals surface area contributed by atoms with E-state index in [9.17, 15) is 29.7 Å². The van der Waals surface area contributed by atoms with Crippen molar-refractivity contribution in [3.63, 3.8) is 0 Å². The highest BCUT2D eigenvalue weighted by Crippen LogP contribution is 2.37. The van der Waals surface area contributed by atoms with Crippen LogP contribution in [-0.4, -0.2) is 76.3 Å². The molecule has 1 aliphatic heterocycles. The molecule has 0 aromatic carbocycles. The maximum Gasteiger partial charge on any atom is 0.239 e. The second-order valence-corrected chi connectivity index (χ2v) is 15.5. The number of ether oxygens (including phenoxy) is 1. The Labute approximate surface area is 316 Å². The molecule has 1 rings (SSSR count). The molecule has 306 valence electrons. The van der Waals surface area contributed by atoms with Crippen LogP contribution < -0.4 is 22.1 Å². The first-order chi connectivity index (χ1) is 25.1. The van der Waals surface area contributed by atoms with E-state index in [1.54, 1.807) is 0 Å². The van der Waals surface area contributed by atoms with Crippen molar-refractivity contribution in [2.45, 2.75) is 224 Å². The molecule has 0 aromatic rings. The number of unbranched alkanes of at least 4 members (excludes halogenated alkanes) is 22. The number of carbonyl (C=O) groups excluding carboxylic acids is 3. The van der Waals surface area contributed by atoms with Crippen LogP contribution in [0.25, 0.3) is 0 Å². The molecular weight excluding hydrogens is 660 g/mol. The first kappa shape index (κ1) is 48.2. The summed E-state index contributed by atoms with van der Waals surface area (Å²) in [5.74, 6) is -2.47. The van der Waals surface area contributed by atoms with Gasteiger partial charge in [-0.1, -0.05) is 162 Å². The molecule has 1 fully saturated rings. The van der Waals surface area contributed by atoms with Crippen molar-refractivity contribution < 1.29 is 34.4 Å². The predicted octanol–water partition coefficient (Wildman–Crippen LogP) is 6.42. The summed E-state index contributed by atoms with van der Waals surface area (Å²) in [6.45, 7) is 4.31. The van der Waals surface area contributed by atoms with E-state index in [1.165, 1.54) is 109 Å². The Kier molecular flexibility index (Phi) is 28.3. The predicted molar refractivity (Wildman–Crippen MR) is 209 cm³/mol. The normalized spacial score (nSPS) is 21.5. The Morgan fingerprint density at radius 2 is 1.13 bits per heavy atom. The van der Waals surface area contributed by atoms with Crippen LogP contribution in [0.1, 0.15) is 194 Å². The van der Waals surface area contributed by atoms with Gasteiger partial charge in [-0.25, -0.2) is 0 Å². The SMILES string of the molecule is CCCCCCCCCCCCCCCCCCNC(=O)C(CCCCCCCCCC)[C@]1(NC(=O)[C@@H](N)CCC(N)=O)C[C@@H](O)[C@H](O)[C@@H](CO)O1. The number of nitrogens with two attached hydrogens (primary N) is 2. The molecular formula is C41H80N4O7. The third-order valence-electron chi connectivity index (χ3n) is 10.8. The van der Waals surface area contributed by atoms with E-state index < -0.39 is 54.4 Å². The fourth-order valence-corrected chi connectivity index (χ4v) is 7.40. The standard InChI is InChI=1S/C41H80N4O7/c1-3-5-7-9-11-13-14-15-16-17-18-19-20-22-24-26-30-44-39(50)33(27-25-23-21-12-10-8-6-4-2)41(31-35(47)38(49)36(32-46)52-41)45-40(51)34(42)28-29-37(43)48/h33-36,38,46-47,49H,3-32,42H2,1-2H3,(H2,43,48)(H,44,50)(H,45,51)/t33?,34-,35+,36+,38-,41-/m0/s1. The number of rotatable bonds is 34. The monoisotopic (exact) mass is 741 g/mol. The van der Waals surface area contributed by atoms with Gasteiger partial charge < -0.3 is 42.2 Å². The molecule has 1 saturated heterocycles. The lowest BCUT2D eigenvalue weighted by atomic mass is 9.80. The van der Waals surface area contributed by atoms with Crippen LogP contribution in [0.5, 0.6) is 0 Å². The Morgan fingerprint density at radius 3 is 1.58 bits per heavy atom. The second kappa shape index (κ2) is 30.5. The minimum Gasteiger partial charge on any atom is -0.394 e. The van der Waals surface area contributed by atoms with Gasteiger partial charge in [0.05, 0.1) is 24.7 Å². The molecule has 11 heteroatoms. The zero-order valence-electron chi connectivity index (χ0n) is 33.2. The first-order valence-corrected chi connectivity index (χ1v) is 21.4. The molecule has 0 aromatic heterocycles. The second-order valence-electron chi connectivity index (χ2n) is 15.5. The number of amides is 3. The molecule has 11 nitrogen and oxygen atoms in total. The van der Waals surface area contributed by atoms with Crippen molar-refractivity contribution in [3.8, 4) is 0 Å². The van der Waals surface area contributed by atoms with Crippen LogP contribution in [-0.2, 0) is 19.1 Å². The van der Waals surface area contributed by atoms with E-state index in [-0.39, 0.29) is 25.2 Å². The molecule has 0 radical (unpaired) electrons. The van der Waals surface area contributed by atoms with Gasteiger partial charge in [0.15, 0.2) is 5.72 Å². The van der Waals surface area contributed by atoms with Gasteiger partial charge in [0.25, 0.3) is 0 Å². The van der Waals surface area contributed by atoms with Gasteiger partial charge in [-0.15, -0.1) is 0 Å². The van der Waals surface area contributed by atoms with Crippen LogP contribution in [0.3, 0.4) is 0 Å². The first-order valence-electron chi connectivity index (χ1n) is 21.4. The fraction of sp³-hybridized carbons (Fsp3) is 0.927. The molecule has 9 N–H and O–H groups in total. The average molecular weight is 741 g/mol. The van der Waals surface area contributed by atoms with Crippen molar-refractivity contribution in [3.05, 3.63) is 0 Å². The topological polar surface area (TPSA) is 197 Å². The van der Waals surface area contributed by atoms with Crippen LogP contribution in [0.4, 0.5) is 0 Å². The molecule has 3 amide bonds. The maximum absolute atomic E-state index is 14.0. The van der Waals surface area contributed by atoms with Crippen molar-refractivity contribution in [2.75, 3.05) is 13.2 Å². The third-order valence-corrected chi connectivity index (χ3v) is 10.8. The van der Waals surface area contributed by atoms with Gasteiger partial charge in [0, 0.05) is 19.4 Å². The van der Waals surface area contributed by atoms with Gasteiger partial charge in [-0.2, -0.15) is 0 Å². The fourth-order valence-electron chi connectivity index (χ4n) is 7.40. The molecule has 1 unspecified atom stereocenters. The lowest BCUT2D eigenvalue weighted by Gasteiger charge is -2.49. The van der Waals surface area contributed by atoms with Crippen molar-refractivity contribution in [2.24, 2.45) is 17.4 Å². The summed E-state index contributed by atoms with van der Waals surface area (Å²) in [6, 6.07) is -1.11. The van der Waals surface area contributed by atoms with Gasteiger partial charge >= 0.3 is 0 Å². The number of primary amides is 1. The van der Waals surface area contributed by atoms with E-state index in [4.69, 9.17) is 16.2 Å². The van der Waals surface area contributed by atoms with Crippen LogP contribution in [0.2, 0.25) is 0 Å². The van der Waals surface area contributed by atoms with Gasteiger partial charge in [0.1, 0.15) is 12.2 Å². The Hall–Kier alpha value is -1.79. The van der Waals surface area contributed by atoms with E-state index in [0.717, 1.165) is 38.5 Å². The molecule has 0 bridgehead atoms. The minimum absolute atomic E-state index is 0.00000257. The lowest BCUT2D eigenvalue weighted by molar-refractivity contribution is -0.250. The molecule has 6 atom stereocenters. The van der Waals surface area contributed by atoms with Crippen molar-refractivity contribution in [1.82, 2.24) is 10.6 Å². The summed E-state index contributed by atoms with van der Waals surface area (Å²) in [5, 5.41) is 37.4. The Balaban J connectivity index is 2.73. The molecule has 0 spiro atoms. The zero-order chi connectivity index (χ0) is 38.5. The molecule has 0 saturated carbocycles. The average Bonchev–Trinajstić information content (AvgIpc) is 3.12. The summed E-state index contributed by atoms with van der Waals surface area (Å²) in [7, 11) is 0. The number of hydrogen-bond donors (Lipinski definition) is 7. The number of aliphatic hydroxyl groups is 3. The van der Waals surface area contributed by atoms with Gasteiger partial charge in [0.2, 0.25) is 17.7 Å². The molecule has 1 heterocycles. The van der Waals surface area contributed by atoms with Crippen LogP contribution >= 0.6 is 0 Å². The van der Waals surface area contributed by atoms with E-state index >= 15 is 0 Å².